The Balaban J connectivity index is 1.99. The molecule has 1 aliphatic carbocycles. The standard InChI is InChI=1S/C13H16O/c1-2-6-11-10(5-1)9-14-13-8-4-3-7-12(11)13/h1-2,5-6,12-13H,3-4,7-9H2. The largest absolute Gasteiger partial charge is 0.373 e. The first-order valence-electron chi connectivity index (χ1n) is 5.64. The minimum atomic E-state index is 0.513. The SMILES string of the molecule is c1ccc2c(c1)COC1CCCCC21. The van der Waals surface area contributed by atoms with Crippen LogP contribution in [0, 0.1) is 0 Å². The van der Waals surface area contributed by atoms with Crippen molar-refractivity contribution < 1.29 is 4.74 Å². The first-order valence-corrected chi connectivity index (χ1v) is 5.64. The molecule has 0 spiro atoms. The van der Waals surface area contributed by atoms with Gasteiger partial charge in [-0.25, -0.2) is 0 Å². The van der Waals surface area contributed by atoms with E-state index in [1.54, 1.807) is 5.56 Å². The molecule has 1 saturated carbocycles. The molecule has 1 nitrogen and oxygen atoms in total. The van der Waals surface area contributed by atoms with Crippen LogP contribution in [0.25, 0.3) is 0 Å². The van der Waals surface area contributed by atoms with Crippen molar-refractivity contribution in [2.45, 2.75) is 44.3 Å². The van der Waals surface area contributed by atoms with Crippen LogP contribution in [0.2, 0.25) is 0 Å². The molecule has 0 bridgehead atoms. The lowest BCUT2D eigenvalue weighted by Crippen LogP contribution is -2.30. The molecule has 14 heavy (non-hydrogen) atoms. The molecule has 74 valence electrons. The lowest BCUT2D eigenvalue weighted by molar-refractivity contribution is -0.0118. The Kier molecular flexibility index (Phi) is 2.06. The van der Waals surface area contributed by atoms with E-state index >= 15 is 0 Å². The first-order chi connectivity index (χ1) is 6.95. The highest BCUT2D eigenvalue weighted by Gasteiger charge is 2.31. The molecule has 0 radical (unpaired) electrons. The lowest BCUT2D eigenvalue weighted by atomic mass is 9.78. The summed E-state index contributed by atoms with van der Waals surface area (Å²) < 4.78 is 5.91. The van der Waals surface area contributed by atoms with Gasteiger partial charge in [0, 0.05) is 5.92 Å². The second-order valence-corrected chi connectivity index (χ2v) is 4.44. The van der Waals surface area contributed by atoms with Gasteiger partial charge in [0.1, 0.15) is 0 Å². The van der Waals surface area contributed by atoms with Crippen LogP contribution in [-0.2, 0) is 11.3 Å². The topological polar surface area (TPSA) is 9.23 Å². The number of benzene rings is 1. The highest BCUT2D eigenvalue weighted by molar-refractivity contribution is 5.32. The normalized spacial score (nSPS) is 30.6. The fourth-order valence-corrected chi connectivity index (χ4v) is 2.88. The highest BCUT2D eigenvalue weighted by atomic mass is 16.5. The molecule has 0 aromatic heterocycles. The third-order valence-electron chi connectivity index (χ3n) is 3.61. The molecule has 1 aromatic carbocycles. The molecule has 0 saturated heterocycles. The molecule has 0 N–H and O–H groups in total. The number of hydrogen-bond acceptors (Lipinski definition) is 1. The Hall–Kier alpha value is -0.820. The second kappa shape index (κ2) is 3.39. The van der Waals surface area contributed by atoms with E-state index in [1.165, 1.54) is 31.2 Å². The Morgan fingerprint density at radius 2 is 1.93 bits per heavy atom. The van der Waals surface area contributed by atoms with Crippen molar-refractivity contribution in [3.05, 3.63) is 35.4 Å². The van der Waals surface area contributed by atoms with Gasteiger partial charge in [0.05, 0.1) is 12.7 Å². The molecular formula is C13H16O. The van der Waals surface area contributed by atoms with Gasteiger partial charge in [0.25, 0.3) is 0 Å². The zero-order valence-corrected chi connectivity index (χ0v) is 8.41. The number of ether oxygens (including phenoxy) is 1. The van der Waals surface area contributed by atoms with E-state index in [1.807, 2.05) is 0 Å². The summed E-state index contributed by atoms with van der Waals surface area (Å²) in [5, 5.41) is 0. The summed E-state index contributed by atoms with van der Waals surface area (Å²) >= 11 is 0. The van der Waals surface area contributed by atoms with E-state index in [0.29, 0.717) is 12.0 Å². The third kappa shape index (κ3) is 1.27. The third-order valence-corrected chi connectivity index (χ3v) is 3.61. The van der Waals surface area contributed by atoms with Crippen molar-refractivity contribution >= 4 is 0 Å². The Labute approximate surface area is 85.1 Å². The maximum absolute atomic E-state index is 5.91. The highest BCUT2D eigenvalue weighted by Crippen LogP contribution is 2.40. The monoisotopic (exact) mass is 188 g/mol. The van der Waals surface area contributed by atoms with Crippen LogP contribution in [0.1, 0.15) is 42.7 Å². The molecule has 1 aromatic rings. The van der Waals surface area contributed by atoms with Crippen LogP contribution >= 0.6 is 0 Å². The van der Waals surface area contributed by atoms with Crippen LogP contribution in [0.5, 0.6) is 0 Å². The molecule has 0 amide bonds. The molecule has 2 unspecified atom stereocenters. The predicted octanol–water partition coefficient (Wildman–Crippen LogP) is 3.24. The first kappa shape index (κ1) is 8.49. The fraction of sp³-hybridized carbons (Fsp3) is 0.538. The van der Waals surface area contributed by atoms with Gasteiger partial charge in [-0.1, -0.05) is 37.1 Å². The van der Waals surface area contributed by atoms with Crippen molar-refractivity contribution in [2.75, 3.05) is 0 Å². The van der Waals surface area contributed by atoms with E-state index in [9.17, 15) is 0 Å². The van der Waals surface area contributed by atoms with E-state index < -0.39 is 0 Å². The van der Waals surface area contributed by atoms with Gasteiger partial charge in [-0.2, -0.15) is 0 Å². The number of fused-ring (bicyclic) bond motifs is 3. The van der Waals surface area contributed by atoms with Crippen molar-refractivity contribution in [1.29, 1.82) is 0 Å². The zero-order valence-electron chi connectivity index (χ0n) is 8.41. The van der Waals surface area contributed by atoms with Gasteiger partial charge in [-0.3, -0.25) is 0 Å². The summed E-state index contributed by atoms with van der Waals surface area (Å²) in [6, 6.07) is 8.78. The Bertz CT molecular complexity index is 332. The molecule has 2 atom stereocenters. The quantitative estimate of drug-likeness (QED) is 0.607. The Morgan fingerprint density at radius 1 is 1.07 bits per heavy atom. The minimum Gasteiger partial charge on any atom is -0.373 e. The van der Waals surface area contributed by atoms with Crippen molar-refractivity contribution in [3.63, 3.8) is 0 Å². The molecule has 1 heteroatoms. The van der Waals surface area contributed by atoms with Gasteiger partial charge in [0.15, 0.2) is 0 Å². The van der Waals surface area contributed by atoms with Crippen molar-refractivity contribution in [1.82, 2.24) is 0 Å². The van der Waals surface area contributed by atoms with Gasteiger partial charge >= 0.3 is 0 Å². The fourth-order valence-electron chi connectivity index (χ4n) is 2.88. The van der Waals surface area contributed by atoms with Crippen LogP contribution in [0.3, 0.4) is 0 Å². The van der Waals surface area contributed by atoms with Crippen LogP contribution in [-0.4, -0.2) is 6.10 Å². The van der Waals surface area contributed by atoms with E-state index in [2.05, 4.69) is 24.3 Å². The summed E-state index contributed by atoms with van der Waals surface area (Å²) in [5.74, 6) is 0.689. The maximum atomic E-state index is 5.91. The van der Waals surface area contributed by atoms with Crippen molar-refractivity contribution in [2.24, 2.45) is 0 Å². The minimum absolute atomic E-state index is 0.513. The number of rotatable bonds is 0. The Morgan fingerprint density at radius 3 is 2.93 bits per heavy atom. The summed E-state index contributed by atoms with van der Waals surface area (Å²) in [6.45, 7) is 0.831. The number of hydrogen-bond donors (Lipinski definition) is 0. The van der Waals surface area contributed by atoms with Crippen LogP contribution in [0.4, 0.5) is 0 Å². The molecule has 1 heterocycles. The average Bonchev–Trinajstić information content (AvgIpc) is 2.29. The van der Waals surface area contributed by atoms with Gasteiger partial charge in [-0.05, 0) is 24.0 Å². The van der Waals surface area contributed by atoms with Crippen molar-refractivity contribution in [3.8, 4) is 0 Å². The van der Waals surface area contributed by atoms with Gasteiger partial charge in [-0.15, -0.1) is 0 Å². The predicted molar refractivity (Wildman–Crippen MR) is 56.2 cm³/mol. The van der Waals surface area contributed by atoms with Gasteiger partial charge in [0.2, 0.25) is 0 Å². The summed E-state index contributed by atoms with van der Waals surface area (Å²) in [7, 11) is 0. The van der Waals surface area contributed by atoms with Gasteiger partial charge < -0.3 is 4.74 Å². The van der Waals surface area contributed by atoms with E-state index in [-0.39, 0.29) is 0 Å². The molecule has 2 aliphatic rings. The molecule has 1 fully saturated rings. The summed E-state index contributed by atoms with van der Waals surface area (Å²) in [5.41, 5.74) is 2.97. The lowest BCUT2D eigenvalue weighted by Gasteiger charge is -2.37. The summed E-state index contributed by atoms with van der Waals surface area (Å²) in [4.78, 5) is 0. The molecule has 1 aliphatic heterocycles. The van der Waals surface area contributed by atoms with E-state index in [0.717, 1.165) is 6.61 Å². The molecule has 3 rings (SSSR count). The smallest absolute Gasteiger partial charge is 0.0723 e. The maximum Gasteiger partial charge on any atom is 0.0723 e. The second-order valence-electron chi connectivity index (χ2n) is 4.44. The van der Waals surface area contributed by atoms with Crippen LogP contribution < -0.4 is 0 Å². The average molecular weight is 188 g/mol. The van der Waals surface area contributed by atoms with E-state index in [4.69, 9.17) is 4.74 Å². The summed E-state index contributed by atoms with van der Waals surface area (Å²) in [6.07, 6.45) is 5.82. The van der Waals surface area contributed by atoms with Crippen LogP contribution in [0.15, 0.2) is 24.3 Å². The molecular weight excluding hydrogens is 172 g/mol. The zero-order chi connectivity index (χ0) is 9.38.